The average molecular weight is 379 g/mol. The van der Waals surface area contributed by atoms with Crippen molar-refractivity contribution in [3.05, 3.63) is 59.9 Å². The maximum absolute atomic E-state index is 13.3. The van der Waals surface area contributed by atoms with Gasteiger partial charge in [0.1, 0.15) is 5.82 Å². The summed E-state index contributed by atoms with van der Waals surface area (Å²) >= 11 is 0. The first kappa shape index (κ1) is 20.0. The van der Waals surface area contributed by atoms with Gasteiger partial charge in [-0.3, -0.25) is 9.69 Å². The molecule has 0 fully saturated rings. The summed E-state index contributed by atoms with van der Waals surface area (Å²) in [6.45, 7) is 4.65. The first-order chi connectivity index (χ1) is 12.2. The van der Waals surface area contributed by atoms with Gasteiger partial charge >= 0.3 is 0 Å². The van der Waals surface area contributed by atoms with Crippen molar-refractivity contribution in [1.29, 1.82) is 0 Å². The molecule has 0 saturated heterocycles. The Hall–Kier alpha value is -2.29. The number of rotatable bonds is 7. The highest BCUT2D eigenvalue weighted by Gasteiger charge is 2.21. The Balaban J connectivity index is 2.10. The summed E-state index contributed by atoms with van der Waals surface area (Å²) in [6, 6.07) is 11.5. The van der Waals surface area contributed by atoms with E-state index >= 15 is 0 Å². The normalized spacial score (nSPS) is 12.8. The van der Waals surface area contributed by atoms with Crippen molar-refractivity contribution in [2.24, 2.45) is 5.14 Å². The van der Waals surface area contributed by atoms with Crippen LogP contribution in [0.3, 0.4) is 0 Å². The number of carbonyl (C=O) groups is 1. The molecule has 26 heavy (non-hydrogen) atoms. The summed E-state index contributed by atoms with van der Waals surface area (Å²) in [5, 5.41) is 7.80. The number of halogens is 1. The second-order valence-corrected chi connectivity index (χ2v) is 7.49. The van der Waals surface area contributed by atoms with Crippen LogP contribution in [0.15, 0.2) is 53.4 Å². The fraction of sp³-hybridized carbons (Fsp3) is 0.278. The number of hydrogen-bond acceptors (Lipinski definition) is 4. The van der Waals surface area contributed by atoms with E-state index in [1.54, 1.807) is 25.1 Å². The Kier molecular flexibility index (Phi) is 6.47. The molecule has 8 heteroatoms. The van der Waals surface area contributed by atoms with Crippen LogP contribution in [0.1, 0.15) is 19.4 Å². The number of nitrogens with two attached hydrogens (primary N) is 1. The molecule has 2 aromatic rings. The molecule has 1 atom stereocenters. The SMILES string of the molecule is CCN(Cc1cccc(F)c1)C(C)C(=O)Nc1cccc(S(N)(=O)=O)c1. The zero-order valence-corrected chi connectivity index (χ0v) is 15.5. The smallest absolute Gasteiger partial charge is 0.241 e. The fourth-order valence-corrected chi connectivity index (χ4v) is 3.12. The number of nitrogens with one attached hydrogen (secondary N) is 1. The van der Waals surface area contributed by atoms with Crippen LogP contribution in [0.4, 0.5) is 10.1 Å². The fourth-order valence-electron chi connectivity index (χ4n) is 2.56. The first-order valence-electron chi connectivity index (χ1n) is 8.13. The summed E-state index contributed by atoms with van der Waals surface area (Å²) in [6.07, 6.45) is 0. The highest BCUT2D eigenvalue weighted by molar-refractivity contribution is 7.89. The molecular weight excluding hydrogens is 357 g/mol. The second-order valence-electron chi connectivity index (χ2n) is 5.93. The van der Waals surface area contributed by atoms with Crippen molar-refractivity contribution >= 4 is 21.6 Å². The summed E-state index contributed by atoms with van der Waals surface area (Å²) < 4.78 is 36.2. The molecule has 0 bridgehead atoms. The Bertz CT molecular complexity index is 887. The molecule has 2 aromatic carbocycles. The van der Waals surface area contributed by atoms with Gasteiger partial charge in [-0.1, -0.05) is 25.1 Å². The van der Waals surface area contributed by atoms with Gasteiger partial charge in [0, 0.05) is 12.2 Å². The van der Waals surface area contributed by atoms with Gasteiger partial charge in [0.05, 0.1) is 10.9 Å². The molecule has 0 aliphatic rings. The van der Waals surface area contributed by atoms with Gasteiger partial charge in [0.2, 0.25) is 15.9 Å². The summed E-state index contributed by atoms with van der Waals surface area (Å²) in [4.78, 5) is 14.3. The topological polar surface area (TPSA) is 92.5 Å². The van der Waals surface area contributed by atoms with Crippen molar-refractivity contribution < 1.29 is 17.6 Å². The number of hydrogen-bond donors (Lipinski definition) is 2. The number of benzene rings is 2. The molecule has 0 heterocycles. The predicted molar refractivity (Wildman–Crippen MR) is 98.4 cm³/mol. The number of sulfonamides is 1. The lowest BCUT2D eigenvalue weighted by atomic mass is 10.1. The van der Waals surface area contributed by atoms with Crippen LogP contribution in [0.25, 0.3) is 0 Å². The van der Waals surface area contributed by atoms with E-state index in [9.17, 15) is 17.6 Å². The van der Waals surface area contributed by atoms with Gasteiger partial charge in [-0.25, -0.2) is 17.9 Å². The van der Waals surface area contributed by atoms with E-state index in [4.69, 9.17) is 5.14 Å². The maximum Gasteiger partial charge on any atom is 0.241 e. The Morgan fingerprint density at radius 3 is 2.54 bits per heavy atom. The van der Waals surface area contributed by atoms with Crippen LogP contribution >= 0.6 is 0 Å². The zero-order chi connectivity index (χ0) is 19.3. The lowest BCUT2D eigenvalue weighted by molar-refractivity contribution is -0.120. The summed E-state index contributed by atoms with van der Waals surface area (Å²) in [5.74, 6) is -0.620. The molecule has 0 aliphatic heterocycles. The molecule has 0 spiro atoms. The number of anilines is 1. The molecule has 1 unspecified atom stereocenters. The third-order valence-corrected chi connectivity index (χ3v) is 4.95. The highest BCUT2D eigenvalue weighted by Crippen LogP contribution is 2.16. The van der Waals surface area contributed by atoms with E-state index in [-0.39, 0.29) is 16.6 Å². The average Bonchev–Trinajstić information content (AvgIpc) is 2.58. The minimum absolute atomic E-state index is 0.0740. The van der Waals surface area contributed by atoms with Crippen molar-refractivity contribution in [1.82, 2.24) is 4.90 Å². The van der Waals surface area contributed by atoms with Crippen LogP contribution in [0.5, 0.6) is 0 Å². The van der Waals surface area contributed by atoms with E-state index in [0.29, 0.717) is 18.8 Å². The van der Waals surface area contributed by atoms with Gasteiger partial charge in [-0.05, 0) is 49.4 Å². The van der Waals surface area contributed by atoms with Gasteiger partial charge < -0.3 is 5.32 Å². The largest absolute Gasteiger partial charge is 0.325 e. The Morgan fingerprint density at radius 1 is 1.23 bits per heavy atom. The zero-order valence-electron chi connectivity index (χ0n) is 14.6. The minimum Gasteiger partial charge on any atom is -0.325 e. The van der Waals surface area contributed by atoms with Gasteiger partial charge in [-0.2, -0.15) is 0 Å². The monoisotopic (exact) mass is 379 g/mol. The number of carbonyl (C=O) groups excluding carboxylic acids is 1. The quantitative estimate of drug-likeness (QED) is 0.772. The van der Waals surface area contributed by atoms with Gasteiger partial charge in [0.25, 0.3) is 0 Å². The highest BCUT2D eigenvalue weighted by atomic mass is 32.2. The summed E-state index contributed by atoms with van der Waals surface area (Å²) in [5.41, 5.74) is 1.11. The molecule has 2 rings (SSSR count). The minimum atomic E-state index is -3.84. The molecular formula is C18H22FN3O3S. The lowest BCUT2D eigenvalue weighted by Gasteiger charge is -2.27. The number of amides is 1. The van der Waals surface area contributed by atoms with E-state index < -0.39 is 16.1 Å². The first-order valence-corrected chi connectivity index (χ1v) is 9.67. The van der Waals surface area contributed by atoms with E-state index in [2.05, 4.69) is 5.32 Å². The molecule has 0 radical (unpaired) electrons. The van der Waals surface area contributed by atoms with Crippen LogP contribution < -0.4 is 10.5 Å². The number of primary sulfonamides is 1. The standard InChI is InChI=1S/C18H22FN3O3S/c1-3-22(12-14-6-4-7-15(19)10-14)13(2)18(23)21-16-8-5-9-17(11-16)26(20,24)25/h4-11,13H,3,12H2,1-2H3,(H,21,23)(H2,20,24,25). The Labute approximate surface area is 152 Å². The molecule has 0 saturated carbocycles. The molecule has 0 aromatic heterocycles. The second kappa shape index (κ2) is 8.39. The number of likely N-dealkylation sites (N-methyl/N-ethyl adjacent to an activating group) is 1. The van der Waals surface area contributed by atoms with Crippen molar-refractivity contribution in [3.8, 4) is 0 Å². The predicted octanol–water partition coefficient (Wildman–Crippen LogP) is 2.32. The van der Waals surface area contributed by atoms with E-state index in [1.807, 2.05) is 11.8 Å². The van der Waals surface area contributed by atoms with Crippen molar-refractivity contribution in [2.75, 3.05) is 11.9 Å². The van der Waals surface area contributed by atoms with Crippen LogP contribution in [0.2, 0.25) is 0 Å². The van der Waals surface area contributed by atoms with Gasteiger partial charge in [0.15, 0.2) is 0 Å². The third-order valence-electron chi connectivity index (χ3n) is 4.04. The third kappa shape index (κ3) is 5.35. The Morgan fingerprint density at radius 2 is 1.92 bits per heavy atom. The van der Waals surface area contributed by atoms with Crippen LogP contribution in [-0.4, -0.2) is 31.8 Å². The number of nitrogens with zero attached hydrogens (tertiary/aromatic N) is 1. The van der Waals surface area contributed by atoms with E-state index in [0.717, 1.165) is 5.56 Å². The summed E-state index contributed by atoms with van der Waals surface area (Å²) in [7, 11) is -3.84. The molecule has 140 valence electrons. The maximum atomic E-state index is 13.3. The van der Waals surface area contributed by atoms with Crippen molar-refractivity contribution in [3.63, 3.8) is 0 Å². The lowest BCUT2D eigenvalue weighted by Crippen LogP contribution is -2.41. The van der Waals surface area contributed by atoms with Crippen molar-refractivity contribution in [2.45, 2.75) is 31.3 Å². The van der Waals surface area contributed by atoms with Crippen LogP contribution in [-0.2, 0) is 21.4 Å². The van der Waals surface area contributed by atoms with Crippen LogP contribution in [0, 0.1) is 5.82 Å². The van der Waals surface area contributed by atoms with Gasteiger partial charge in [-0.15, -0.1) is 0 Å². The van der Waals surface area contributed by atoms with E-state index in [1.165, 1.54) is 30.3 Å². The molecule has 1 amide bonds. The molecule has 6 nitrogen and oxygen atoms in total. The molecule has 0 aliphatic carbocycles. The molecule has 3 N–H and O–H groups in total.